The van der Waals surface area contributed by atoms with Crippen molar-refractivity contribution in [3.63, 3.8) is 0 Å². The molecule has 0 unspecified atom stereocenters. The third-order valence-corrected chi connectivity index (χ3v) is 5.29. The molecule has 0 radical (unpaired) electrons. The summed E-state index contributed by atoms with van der Waals surface area (Å²) in [7, 11) is -4.11. The lowest BCUT2D eigenvalue weighted by Crippen LogP contribution is -2.32. The van der Waals surface area contributed by atoms with E-state index in [4.69, 9.17) is 4.74 Å². The molecule has 2 aromatic carbocycles. The number of rotatable bonds is 4. The predicted molar refractivity (Wildman–Crippen MR) is 90.7 cm³/mol. The van der Waals surface area contributed by atoms with Crippen molar-refractivity contribution in [2.24, 2.45) is 0 Å². The Balaban J connectivity index is 1.95. The summed E-state index contributed by atoms with van der Waals surface area (Å²) in [5.41, 5.74) is 0.435. The first-order valence-corrected chi connectivity index (χ1v) is 9.24. The largest absolute Gasteiger partial charge is 0.491 e. The van der Waals surface area contributed by atoms with Crippen LogP contribution in [0.15, 0.2) is 47.4 Å². The van der Waals surface area contributed by atoms with Gasteiger partial charge in [0.25, 0.3) is 15.9 Å². The first-order chi connectivity index (χ1) is 11.9. The zero-order valence-corrected chi connectivity index (χ0v) is 14.3. The molecule has 3 rings (SSSR count). The Morgan fingerprint density at radius 2 is 2.00 bits per heavy atom. The second kappa shape index (κ2) is 6.72. The van der Waals surface area contributed by atoms with Crippen molar-refractivity contribution in [1.82, 2.24) is 4.90 Å². The van der Waals surface area contributed by atoms with Gasteiger partial charge < -0.3 is 9.64 Å². The summed E-state index contributed by atoms with van der Waals surface area (Å²) in [5, 5.41) is 0. The number of halogens is 1. The molecule has 0 spiro atoms. The summed E-state index contributed by atoms with van der Waals surface area (Å²) in [6.07, 6.45) is 0. The fourth-order valence-electron chi connectivity index (χ4n) is 2.60. The van der Waals surface area contributed by atoms with Gasteiger partial charge in [0.1, 0.15) is 23.1 Å². The van der Waals surface area contributed by atoms with E-state index in [1.165, 1.54) is 36.4 Å². The minimum atomic E-state index is -4.11. The minimum Gasteiger partial charge on any atom is -0.491 e. The van der Waals surface area contributed by atoms with Crippen molar-refractivity contribution in [1.29, 1.82) is 0 Å². The molecular formula is C17H17FN2O4S. The number of anilines is 1. The lowest BCUT2D eigenvalue weighted by atomic mass is 10.1. The number of carbonyl (C=O) groups excluding carboxylic acids is 1. The van der Waals surface area contributed by atoms with Crippen molar-refractivity contribution in [2.45, 2.75) is 11.8 Å². The van der Waals surface area contributed by atoms with Crippen LogP contribution >= 0.6 is 0 Å². The molecule has 0 bridgehead atoms. The molecule has 0 atom stereocenters. The number of hydrogen-bond donors (Lipinski definition) is 1. The van der Waals surface area contributed by atoms with Gasteiger partial charge in [0.15, 0.2) is 0 Å². The Bertz CT molecular complexity index is 915. The van der Waals surface area contributed by atoms with Gasteiger partial charge in [-0.1, -0.05) is 12.1 Å². The third kappa shape index (κ3) is 3.43. The molecule has 1 amide bonds. The monoisotopic (exact) mass is 364 g/mol. The van der Waals surface area contributed by atoms with E-state index in [1.54, 1.807) is 4.90 Å². The summed E-state index contributed by atoms with van der Waals surface area (Å²) in [6.45, 7) is 3.20. The average molecular weight is 364 g/mol. The molecule has 0 aromatic heterocycles. The van der Waals surface area contributed by atoms with Gasteiger partial charge in [-0.05, 0) is 37.3 Å². The average Bonchev–Trinajstić information content (AvgIpc) is 2.74. The zero-order valence-electron chi connectivity index (χ0n) is 13.5. The SMILES string of the molecule is CCN1CCOc2ccc(NS(=O)(=O)c3ccccc3F)cc2C1=O. The Labute approximate surface area is 145 Å². The summed E-state index contributed by atoms with van der Waals surface area (Å²) < 4.78 is 46.4. The van der Waals surface area contributed by atoms with Gasteiger partial charge >= 0.3 is 0 Å². The molecule has 1 heterocycles. The lowest BCUT2D eigenvalue weighted by Gasteiger charge is -2.17. The van der Waals surface area contributed by atoms with E-state index in [2.05, 4.69) is 4.72 Å². The first kappa shape index (κ1) is 17.2. The van der Waals surface area contributed by atoms with E-state index in [0.29, 0.717) is 25.4 Å². The van der Waals surface area contributed by atoms with Crippen LogP contribution in [-0.2, 0) is 10.0 Å². The van der Waals surface area contributed by atoms with Crippen LogP contribution < -0.4 is 9.46 Å². The van der Waals surface area contributed by atoms with Gasteiger partial charge in [-0.2, -0.15) is 0 Å². The number of nitrogens with zero attached hydrogens (tertiary/aromatic N) is 1. The number of carbonyl (C=O) groups is 1. The Morgan fingerprint density at radius 1 is 1.24 bits per heavy atom. The topological polar surface area (TPSA) is 75.7 Å². The molecule has 0 saturated carbocycles. The number of benzene rings is 2. The van der Waals surface area contributed by atoms with E-state index in [0.717, 1.165) is 6.07 Å². The summed E-state index contributed by atoms with van der Waals surface area (Å²) in [4.78, 5) is 13.7. The van der Waals surface area contributed by atoms with Crippen molar-refractivity contribution in [2.75, 3.05) is 24.4 Å². The number of amides is 1. The molecule has 1 N–H and O–H groups in total. The molecule has 1 aliphatic heterocycles. The molecule has 0 fully saturated rings. The quantitative estimate of drug-likeness (QED) is 0.904. The van der Waals surface area contributed by atoms with Gasteiger partial charge in [-0.15, -0.1) is 0 Å². The van der Waals surface area contributed by atoms with Gasteiger partial charge in [0.2, 0.25) is 0 Å². The maximum absolute atomic E-state index is 13.8. The van der Waals surface area contributed by atoms with Crippen molar-refractivity contribution < 1.29 is 22.3 Å². The van der Waals surface area contributed by atoms with Gasteiger partial charge in [-0.25, -0.2) is 12.8 Å². The highest BCUT2D eigenvalue weighted by Crippen LogP contribution is 2.28. The van der Waals surface area contributed by atoms with Crippen molar-refractivity contribution in [3.8, 4) is 5.75 Å². The molecular weight excluding hydrogens is 347 g/mol. The van der Waals surface area contributed by atoms with E-state index in [9.17, 15) is 17.6 Å². The van der Waals surface area contributed by atoms with Crippen LogP contribution in [0.1, 0.15) is 17.3 Å². The summed E-state index contributed by atoms with van der Waals surface area (Å²) >= 11 is 0. The van der Waals surface area contributed by atoms with Crippen LogP contribution in [0.3, 0.4) is 0 Å². The lowest BCUT2D eigenvalue weighted by molar-refractivity contribution is 0.0765. The van der Waals surface area contributed by atoms with Crippen LogP contribution in [0.25, 0.3) is 0 Å². The molecule has 132 valence electrons. The van der Waals surface area contributed by atoms with Crippen LogP contribution in [0.4, 0.5) is 10.1 Å². The number of sulfonamides is 1. The standard InChI is InChI=1S/C17H17FN2O4S/c1-2-20-9-10-24-15-8-7-12(11-13(15)17(20)21)19-25(22,23)16-6-4-3-5-14(16)18/h3-8,11,19H,2,9-10H2,1H3. The molecule has 8 heteroatoms. The second-order valence-corrected chi connectivity index (χ2v) is 7.13. The van der Waals surface area contributed by atoms with Crippen LogP contribution in [0.2, 0.25) is 0 Å². The van der Waals surface area contributed by atoms with E-state index < -0.39 is 20.7 Å². The second-order valence-electron chi connectivity index (χ2n) is 5.48. The number of fused-ring (bicyclic) bond motifs is 1. The molecule has 0 saturated heterocycles. The molecule has 2 aromatic rings. The summed E-state index contributed by atoms with van der Waals surface area (Å²) in [6, 6.07) is 9.51. The zero-order chi connectivity index (χ0) is 18.0. The van der Waals surface area contributed by atoms with Gasteiger partial charge in [-0.3, -0.25) is 9.52 Å². The van der Waals surface area contributed by atoms with Crippen LogP contribution in [0, 0.1) is 5.82 Å². The summed E-state index contributed by atoms with van der Waals surface area (Å²) in [5.74, 6) is -0.682. The highest BCUT2D eigenvalue weighted by molar-refractivity contribution is 7.92. The molecule has 25 heavy (non-hydrogen) atoms. The normalized spacial score (nSPS) is 14.5. The minimum absolute atomic E-state index is 0.164. The Hall–Kier alpha value is -2.61. The Kier molecular flexibility index (Phi) is 4.63. The van der Waals surface area contributed by atoms with Gasteiger partial charge in [0, 0.05) is 12.2 Å². The maximum atomic E-state index is 13.8. The van der Waals surface area contributed by atoms with Crippen molar-refractivity contribution in [3.05, 3.63) is 53.8 Å². The predicted octanol–water partition coefficient (Wildman–Crippen LogP) is 2.48. The Morgan fingerprint density at radius 3 is 2.72 bits per heavy atom. The molecule has 0 aliphatic carbocycles. The fourth-order valence-corrected chi connectivity index (χ4v) is 3.73. The molecule has 6 nitrogen and oxygen atoms in total. The number of nitrogens with one attached hydrogen (secondary N) is 1. The van der Waals surface area contributed by atoms with Crippen molar-refractivity contribution >= 4 is 21.6 Å². The van der Waals surface area contributed by atoms with E-state index in [-0.39, 0.29) is 17.2 Å². The highest BCUT2D eigenvalue weighted by atomic mass is 32.2. The fraction of sp³-hybridized carbons (Fsp3) is 0.235. The number of hydrogen-bond acceptors (Lipinski definition) is 4. The number of ether oxygens (including phenoxy) is 1. The first-order valence-electron chi connectivity index (χ1n) is 7.76. The maximum Gasteiger partial charge on any atom is 0.264 e. The van der Waals surface area contributed by atoms with Crippen LogP contribution in [-0.4, -0.2) is 38.9 Å². The smallest absolute Gasteiger partial charge is 0.264 e. The highest BCUT2D eigenvalue weighted by Gasteiger charge is 2.24. The molecule has 1 aliphatic rings. The van der Waals surface area contributed by atoms with E-state index in [1.807, 2.05) is 6.92 Å². The third-order valence-electron chi connectivity index (χ3n) is 3.88. The van der Waals surface area contributed by atoms with Gasteiger partial charge in [0.05, 0.1) is 12.1 Å². The van der Waals surface area contributed by atoms with E-state index >= 15 is 0 Å². The van der Waals surface area contributed by atoms with Crippen LogP contribution in [0.5, 0.6) is 5.75 Å². The number of likely N-dealkylation sites (N-methyl/N-ethyl adjacent to an activating group) is 1.